The maximum atomic E-state index is 12.2. The highest BCUT2D eigenvalue weighted by atomic mass is 35.5. The molecule has 1 aliphatic heterocycles. The molecule has 0 spiro atoms. The summed E-state index contributed by atoms with van der Waals surface area (Å²) >= 11 is 0. The Morgan fingerprint density at radius 1 is 1.15 bits per heavy atom. The van der Waals surface area contributed by atoms with Crippen molar-refractivity contribution in [1.82, 2.24) is 14.9 Å². The van der Waals surface area contributed by atoms with Crippen LogP contribution in [-0.2, 0) is 0 Å². The molecule has 1 N–H and O–H groups in total. The number of pyridine rings is 2. The number of piperidine rings is 1. The largest absolute Gasteiger partial charge is 0.357 e. The van der Waals surface area contributed by atoms with Crippen LogP contribution in [0.25, 0.3) is 0 Å². The number of amides is 1. The second kappa shape index (κ2) is 10.3. The normalized spacial score (nSPS) is 14.7. The number of anilines is 2. The molecule has 1 fully saturated rings. The van der Waals surface area contributed by atoms with Crippen molar-refractivity contribution in [2.75, 3.05) is 37.4 Å². The molecule has 0 saturated carbocycles. The Labute approximate surface area is 166 Å². The van der Waals surface area contributed by atoms with Gasteiger partial charge in [-0.2, -0.15) is 0 Å². The highest BCUT2D eigenvalue weighted by molar-refractivity contribution is 6.03. The maximum Gasteiger partial charge on any atom is 0.256 e. The van der Waals surface area contributed by atoms with E-state index in [0.717, 1.165) is 31.7 Å². The van der Waals surface area contributed by atoms with Crippen molar-refractivity contribution in [3.63, 3.8) is 0 Å². The van der Waals surface area contributed by atoms with Crippen molar-refractivity contribution < 1.29 is 4.79 Å². The first-order valence-electron chi connectivity index (χ1n) is 8.23. The minimum Gasteiger partial charge on any atom is -0.357 e. The number of carbonyl (C=O) groups excluding carboxylic acids is 1. The molecule has 26 heavy (non-hydrogen) atoms. The lowest BCUT2D eigenvalue weighted by atomic mass is 10.0. The Bertz CT molecular complexity index is 693. The number of nitrogens with one attached hydrogen (secondary N) is 1. The zero-order valence-corrected chi connectivity index (χ0v) is 16.6. The standard InChI is InChI=1S/C18H23N5O.2ClH/c1-22-12-8-15(9-13-22)23(2)17-5-3-4-16(20-17)21-18(24)14-6-10-19-11-7-14;;/h3-7,10-11,15H,8-9,12-13H2,1-2H3,(H,20,21,24);2*1H. The molecule has 0 bridgehead atoms. The molecular weight excluding hydrogens is 373 g/mol. The zero-order valence-electron chi connectivity index (χ0n) is 15.0. The van der Waals surface area contributed by atoms with E-state index in [9.17, 15) is 4.79 Å². The van der Waals surface area contributed by atoms with E-state index in [2.05, 4.69) is 39.2 Å². The molecule has 3 rings (SSSR count). The number of carbonyl (C=O) groups is 1. The second-order valence-electron chi connectivity index (χ2n) is 6.22. The molecule has 0 aromatic carbocycles. The van der Waals surface area contributed by atoms with Gasteiger partial charge < -0.3 is 15.1 Å². The fraction of sp³-hybridized carbons (Fsp3) is 0.389. The van der Waals surface area contributed by atoms with Gasteiger partial charge in [0.2, 0.25) is 0 Å². The Morgan fingerprint density at radius 2 is 1.81 bits per heavy atom. The highest BCUT2D eigenvalue weighted by Gasteiger charge is 2.21. The molecular formula is C18H25Cl2N5O. The van der Waals surface area contributed by atoms with Crippen LogP contribution < -0.4 is 10.2 Å². The average molecular weight is 398 g/mol. The van der Waals surface area contributed by atoms with Crippen LogP contribution in [-0.4, -0.2) is 54.0 Å². The van der Waals surface area contributed by atoms with Crippen molar-refractivity contribution in [1.29, 1.82) is 0 Å². The lowest BCUT2D eigenvalue weighted by Gasteiger charge is -2.35. The average Bonchev–Trinajstić information content (AvgIpc) is 2.63. The monoisotopic (exact) mass is 397 g/mol. The third kappa shape index (κ3) is 5.56. The summed E-state index contributed by atoms with van der Waals surface area (Å²) in [5.41, 5.74) is 0.570. The van der Waals surface area contributed by atoms with E-state index in [0.29, 0.717) is 17.4 Å². The van der Waals surface area contributed by atoms with Crippen LogP contribution in [0.1, 0.15) is 23.2 Å². The number of rotatable bonds is 4. The lowest BCUT2D eigenvalue weighted by molar-refractivity contribution is 0.102. The van der Waals surface area contributed by atoms with Gasteiger partial charge >= 0.3 is 0 Å². The summed E-state index contributed by atoms with van der Waals surface area (Å²) in [6.45, 7) is 2.21. The molecule has 1 amide bonds. The first-order chi connectivity index (χ1) is 11.6. The van der Waals surface area contributed by atoms with Crippen molar-refractivity contribution in [3.8, 4) is 0 Å². The molecule has 1 aliphatic rings. The predicted octanol–water partition coefficient (Wildman–Crippen LogP) is 3.10. The van der Waals surface area contributed by atoms with Gasteiger partial charge in [-0.25, -0.2) is 4.98 Å². The van der Waals surface area contributed by atoms with Crippen molar-refractivity contribution in [2.45, 2.75) is 18.9 Å². The summed E-state index contributed by atoms with van der Waals surface area (Å²) in [6.07, 6.45) is 5.46. The molecule has 6 nitrogen and oxygen atoms in total. The van der Waals surface area contributed by atoms with E-state index >= 15 is 0 Å². The fourth-order valence-electron chi connectivity index (χ4n) is 2.95. The van der Waals surface area contributed by atoms with Crippen molar-refractivity contribution in [2.24, 2.45) is 0 Å². The van der Waals surface area contributed by atoms with Gasteiger partial charge in [0, 0.05) is 31.0 Å². The first-order valence-corrected chi connectivity index (χ1v) is 8.23. The second-order valence-corrected chi connectivity index (χ2v) is 6.22. The van der Waals surface area contributed by atoms with Gasteiger partial charge in [0.25, 0.3) is 5.91 Å². The van der Waals surface area contributed by atoms with Gasteiger partial charge in [0.1, 0.15) is 11.6 Å². The van der Waals surface area contributed by atoms with Gasteiger partial charge in [-0.15, -0.1) is 24.8 Å². The van der Waals surface area contributed by atoms with E-state index in [1.807, 2.05) is 18.2 Å². The Hall–Kier alpha value is -1.89. The zero-order chi connectivity index (χ0) is 16.9. The molecule has 2 aromatic heterocycles. The van der Waals surface area contributed by atoms with Gasteiger partial charge in [0.05, 0.1) is 0 Å². The quantitative estimate of drug-likeness (QED) is 0.858. The summed E-state index contributed by atoms with van der Waals surface area (Å²) in [4.78, 5) is 25.3. The van der Waals surface area contributed by atoms with Crippen molar-refractivity contribution >= 4 is 42.4 Å². The number of hydrogen-bond donors (Lipinski definition) is 1. The van der Waals surface area contributed by atoms with E-state index in [1.165, 1.54) is 0 Å². The summed E-state index contributed by atoms with van der Waals surface area (Å²) in [5, 5.41) is 2.85. The predicted molar refractivity (Wildman–Crippen MR) is 110 cm³/mol. The van der Waals surface area contributed by atoms with Crippen LogP contribution in [0, 0.1) is 0 Å². The number of likely N-dealkylation sites (tertiary alicyclic amines) is 1. The number of aromatic nitrogens is 2. The topological polar surface area (TPSA) is 61.4 Å². The van der Waals surface area contributed by atoms with Crippen LogP contribution in [0.5, 0.6) is 0 Å². The molecule has 0 atom stereocenters. The molecule has 8 heteroatoms. The van der Waals surface area contributed by atoms with E-state index in [-0.39, 0.29) is 30.7 Å². The van der Waals surface area contributed by atoms with Gasteiger partial charge in [-0.1, -0.05) is 6.07 Å². The Morgan fingerprint density at radius 3 is 2.46 bits per heavy atom. The summed E-state index contributed by atoms with van der Waals surface area (Å²) in [6, 6.07) is 9.58. The van der Waals surface area contributed by atoms with Gasteiger partial charge in [-0.05, 0) is 57.2 Å². The van der Waals surface area contributed by atoms with E-state index in [4.69, 9.17) is 0 Å². The van der Waals surface area contributed by atoms with Crippen molar-refractivity contribution in [3.05, 3.63) is 48.3 Å². The maximum absolute atomic E-state index is 12.2. The fourth-order valence-corrected chi connectivity index (χ4v) is 2.95. The molecule has 0 unspecified atom stereocenters. The van der Waals surface area contributed by atoms with Crippen LogP contribution in [0.3, 0.4) is 0 Å². The Kier molecular flexibility index (Phi) is 8.78. The van der Waals surface area contributed by atoms with Gasteiger partial charge in [0.15, 0.2) is 0 Å². The molecule has 1 saturated heterocycles. The van der Waals surface area contributed by atoms with Crippen LogP contribution in [0.15, 0.2) is 42.7 Å². The summed E-state index contributed by atoms with van der Waals surface area (Å²) in [7, 11) is 4.23. The van der Waals surface area contributed by atoms with Crippen LogP contribution >= 0.6 is 24.8 Å². The minimum atomic E-state index is -0.177. The molecule has 3 heterocycles. The third-order valence-corrected chi connectivity index (χ3v) is 4.52. The molecule has 2 aromatic rings. The lowest BCUT2D eigenvalue weighted by Crippen LogP contribution is -2.42. The minimum absolute atomic E-state index is 0. The van der Waals surface area contributed by atoms with Gasteiger partial charge in [-0.3, -0.25) is 9.78 Å². The van der Waals surface area contributed by atoms with Crippen LogP contribution in [0.4, 0.5) is 11.6 Å². The molecule has 0 aliphatic carbocycles. The first kappa shape index (κ1) is 22.2. The Balaban J connectivity index is 0.00000169. The number of halogens is 2. The smallest absolute Gasteiger partial charge is 0.256 e. The number of hydrogen-bond acceptors (Lipinski definition) is 5. The molecule has 0 radical (unpaired) electrons. The van der Waals surface area contributed by atoms with E-state index in [1.54, 1.807) is 24.5 Å². The van der Waals surface area contributed by atoms with E-state index < -0.39 is 0 Å². The number of nitrogens with zero attached hydrogens (tertiary/aromatic N) is 4. The molecule has 142 valence electrons. The van der Waals surface area contributed by atoms with Crippen LogP contribution in [0.2, 0.25) is 0 Å². The summed E-state index contributed by atoms with van der Waals surface area (Å²) in [5.74, 6) is 1.27. The third-order valence-electron chi connectivity index (χ3n) is 4.52. The summed E-state index contributed by atoms with van der Waals surface area (Å²) < 4.78 is 0. The SMILES string of the molecule is CN1CCC(N(C)c2cccc(NC(=O)c3ccncc3)n2)CC1.Cl.Cl. The highest BCUT2D eigenvalue weighted by Crippen LogP contribution is 2.21.